The third-order valence-electron chi connectivity index (χ3n) is 1.91. The van der Waals surface area contributed by atoms with E-state index in [2.05, 4.69) is 4.98 Å². The first kappa shape index (κ1) is 10.0. The fraction of sp³-hybridized carbons (Fsp3) is 0.100. The number of aromatic nitrogens is 1. The van der Waals surface area contributed by atoms with E-state index in [1.807, 2.05) is 24.3 Å². The lowest BCUT2D eigenvalue weighted by Gasteiger charge is -2.04. The number of alkyl halides is 2. The van der Waals surface area contributed by atoms with Crippen molar-refractivity contribution in [2.45, 2.75) is 4.84 Å². The van der Waals surface area contributed by atoms with Crippen molar-refractivity contribution in [2.24, 2.45) is 0 Å². The molecule has 0 amide bonds. The van der Waals surface area contributed by atoms with Crippen molar-refractivity contribution in [1.29, 1.82) is 0 Å². The zero-order valence-corrected chi connectivity index (χ0v) is 9.31. The second-order valence-electron chi connectivity index (χ2n) is 2.85. The smallest absolute Gasteiger partial charge is 0.149 e. The molecule has 0 saturated carbocycles. The molecule has 72 valence electrons. The molecule has 1 aromatic heterocycles. The number of hydrogen-bond donors (Lipinski definition) is 0. The molecule has 0 saturated heterocycles. The van der Waals surface area contributed by atoms with Gasteiger partial charge in [-0.25, -0.2) is 4.98 Å². The van der Waals surface area contributed by atoms with Gasteiger partial charge in [0.2, 0.25) is 0 Å². The molecule has 0 bridgehead atoms. The third kappa shape index (κ3) is 1.81. The highest BCUT2D eigenvalue weighted by Gasteiger charge is 2.08. The van der Waals surface area contributed by atoms with E-state index in [-0.39, 0.29) is 0 Å². The summed E-state index contributed by atoms with van der Waals surface area (Å²) in [4.78, 5) is 3.65. The van der Waals surface area contributed by atoms with Gasteiger partial charge in [0.05, 0.1) is 16.2 Å². The molecule has 0 spiro atoms. The minimum atomic E-state index is -0.642. The predicted molar refractivity (Wildman–Crippen MR) is 61.2 cm³/mol. The SMILES string of the molecule is Clc1cc(C(Cl)Cl)nc2ccccc12. The van der Waals surface area contributed by atoms with Crippen molar-refractivity contribution < 1.29 is 0 Å². The van der Waals surface area contributed by atoms with E-state index < -0.39 is 4.84 Å². The minimum Gasteiger partial charge on any atom is -0.250 e. The molecule has 2 rings (SSSR count). The van der Waals surface area contributed by atoms with Gasteiger partial charge in [-0.3, -0.25) is 0 Å². The van der Waals surface area contributed by atoms with Crippen LogP contribution in [0.3, 0.4) is 0 Å². The van der Waals surface area contributed by atoms with Crippen LogP contribution in [0.2, 0.25) is 5.02 Å². The average molecular weight is 247 g/mol. The molecule has 0 aliphatic rings. The lowest BCUT2D eigenvalue weighted by Crippen LogP contribution is -1.89. The van der Waals surface area contributed by atoms with Gasteiger partial charge in [-0.2, -0.15) is 0 Å². The fourth-order valence-corrected chi connectivity index (χ4v) is 1.76. The van der Waals surface area contributed by atoms with Crippen LogP contribution < -0.4 is 0 Å². The number of hydrogen-bond acceptors (Lipinski definition) is 1. The van der Waals surface area contributed by atoms with Crippen LogP contribution in [0.25, 0.3) is 10.9 Å². The Morgan fingerprint density at radius 2 is 1.86 bits per heavy atom. The topological polar surface area (TPSA) is 12.9 Å². The minimum absolute atomic E-state index is 0.581. The van der Waals surface area contributed by atoms with Crippen molar-refractivity contribution in [3.8, 4) is 0 Å². The molecule has 0 aliphatic carbocycles. The van der Waals surface area contributed by atoms with E-state index in [9.17, 15) is 0 Å². The van der Waals surface area contributed by atoms with Crippen molar-refractivity contribution in [3.63, 3.8) is 0 Å². The molecule has 0 atom stereocenters. The highest BCUT2D eigenvalue weighted by Crippen LogP contribution is 2.29. The molecule has 4 heteroatoms. The molecule has 2 aromatic rings. The first-order chi connectivity index (χ1) is 6.68. The number of nitrogens with zero attached hydrogens (tertiary/aromatic N) is 1. The normalized spacial score (nSPS) is 11.1. The molecule has 14 heavy (non-hydrogen) atoms. The second-order valence-corrected chi connectivity index (χ2v) is 4.35. The van der Waals surface area contributed by atoms with Crippen molar-refractivity contribution in [2.75, 3.05) is 0 Å². The van der Waals surface area contributed by atoms with Gasteiger partial charge in [-0.1, -0.05) is 53.0 Å². The van der Waals surface area contributed by atoms with E-state index in [4.69, 9.17) is 34.8 Å². The summed E-state index contributed by atoms with van der Waals surface area (Å²) in [6, 6.07) is 9.28. The third-order valence-corrected chi connectivity index (χ3v) is 2.67. The van der Waals surface area contributed by atoms with Gasteiger partial charge in [0.25, 0.3) is 0 Å². The molecule has 1 aromatic carbocycles. The van der Waals surface area contributed by atoms with Crippen LogP contribution >= 0.6 is 34.8 Å². The number of rotatable bonds is 1. The molecule has 0 aliphatic heterocycles. The van der Waals surface area contributed by atoms with E-state index in [0.717, 1.165) is 10.9 Å². The summed E-state index contributed by atoms with van der Waals surface area (Å²) in [5, 5.41) is 1.53. The van der Waals surface area contributed by atoms with E-state index >= 15 is 0 Å². The van der Waals surface area contributed by atoms with Gasteiger partial charge in [-0.15, -0.1) is 0 Å². The molecular weight excluding hydrogens is 240 g/mol. The van der Waals surface area contributed by atoms with Crippen LogP contribution in [0, 0.1) is 0 Å². The van der Waals surface area contributed by atoms with Crippen LogP contribution in [0.4, 0.5) is 0 Å². The summed E-state index contributed by atoms with van der Waals surface area (Å²) < 4.78 is 0. The summed E-state index contributed by atoms with van der Waals surface area (Å²) in [7, 11) is 0. The van der Waals surface area contributed by atoms with Gasteiger partial charge in [0, 0.05) is 5.39 Å². The van der Waals surface area contributed by atoms with Crippen molar-refractivity contribution in [3.05, 3.63) is 41.0 Å². The maximum absolute atomic E-state index is 6.05. The van der Waals surface area contributed by atoms with E-state index in [1.54, 1.807) is 6.07 Å². The molecular formula is C10H6Cl3N. The Hall–Kier alpha value is -0.500. The largest absolute Gasteiger partial charge is 0.250 e. The molecule has 0 fully saturated rings. The Morgan fingerprint density at radius 3 is 2.57 bits per heavy atom. The summed E-state index contributed by atoms with van der Waals surface area (Å²) in [5.41, 5.74) is 1.39. The van der Waals surface area contributed by atoms with Crippen LogP contribution in [-0.4, -0.2) is 4.98 Å². The fourth-order valence-electron chi connectivity index (χ4n) is 1.26. The van der Waals surface area contributed by atoms with Gasteiger partial charge < -0.3 is 0 Å². The summed E-state index contributed by atoms with van der Waals surface area (Å²) in [5.74, 6) is 0. The average Bonchev–Trinajstić information content (AvgIpc) is 2.17. The molecule has 1 heterocycles. The van der Waals surface area contributed by atoms with Crippen molar-refractivity contribution in [1.82, 2.24) is 4.98 Å². The zero-order valence-electron chi connectivity index (χ0n) is 7.05. The Morgan fingerprint density at radius 1 is 1.14 bits per heavy atom. The molecule has 0 radical (unpaired) electrons. The van der Waals surface area contributed by atoms with E-state index in [1.165, 1.54) is 0 Å². The van der Waals surface area contributed by atoms with Gasteiger partial charge in [0.15, 0.2) is 0 Å². The Balaban J connectivity index is 2.72. The molecule has 0 N–H and O–H groups in total. The summed E-state index contributed by atoms with van der Waals surface area (Å²) >= 11 is 17.5. The zero-order chi connectivity index (χ0) is 10.1. The number of halogens is 3. The van der Waals surface area contributed by atoms with Gasteiger partial charge in [-0.05, 0) is 12.1 Å². The lowest BCUT2D eigenvalue weighted by atomic mass is 10.2. The molecule has 0 unspecified atom stereocenters. The Bertz CT molecular complexity index is 468. The highest BCUT2D eigenvalue weighted by atomic mass is 35.5. The summed E-state index contributed by atoms with van der Waals surface area (Å²) in [6.07, 6.45) is 0. The standard InChI is InChI=1S/C10H6Cl3N/c11-7-5-9(10(12)13)14-8-4-2-1-3-6(7)8/h1-5,10H. The highest BCUT2D eigenvalue weighted by molar-refractivity contribution is 6.44. The number of benzene rings is 1. The lowest BCUT2D eigenvalue weighted by molar-refractivity contribution is 1.19. The first-order valence-corrected chi connectivity index (χ1v) is 5.27. The number of pyridine rings is 1. The number of para-hydroxylation sites is 1. The second kappa shape index (κ2) is 3.93. The maximum atomic E-state index is 6.05. The maximum Gasteiger partial charge on any atom is 0.149 e. The van der Waals surface area contributed by atoms with Crippen LogP contribution in [0.1, 0.15) is 10.5 Å². The van der Waals surface area contributed by atoms with Gasteiger partial charge >= 0.3 is 0 Å². The number of fused-ring (bicyclic) bond motifs is 1. The monoisotopic (exact) mass is 245 g/mol. The van der Waals surface area contributed by atoms with Crippen LogP contribution in [0.15, 0.2) is 30.3 Å². The van der Waals surface area contributed by atoms with Crippen LogP contribution in [-0.2, 0) is 0 Å². The van der Waals surface area contributed by atoms with Crippen LogP contribution in [0.5, 0.6) is 0 Å². The quantitative estimate of drug-likeness (QED) is 0.681. The summed E-state index contributed by atoms with van der Waals surface area (Å²) in [6.45, 7) is 0. The predicted octanol–water partition coefficient (Wildman–Crippen LogP) is 4.36. The molecule has 1 nitrogen and oxygen atoms in total. The van der Waals surface area contributed by atoms with E-state index in [0.29, 0.717) is 10.7 Å². The van der Waals surface area contributed by atoms with Gasteiger partial charge in [0.1, 0.15) is 4.84 Å². The first-order valence-electron chi connectivity index (χ1n) is 4.02. The Kier molecular flexibility index (Phi) is 2.82. The van der Waals surface area contributed by atoms with Crippen molar-refractivity contribution >= 4 is 45.7 Å². The Labute approximate surface area is 96.6 Å².